The lowest BCUT2D eigenvalue weighted by Gasteiger charge is -2.19. The Bertz CT molecular complexity index is 1300. The fourth-order valence-corrected chi connectivity index (χ4v) is 2.87. The third-order valence-electron chi connectivity index (χ3n) is 4.94. The van der Waals surface area contributed by atoms with E-state index < -0.39 is 45.1 Å². The van der Waals surface area contributed by atoms with Gasteiger partial charge >= 0.3 is 0 Å². The first kappa shape index (κ1) is 24.1. The molecule has 8 heteroatoms. The lowest BCUT2D eigenvalue weighted by atomic mass is 9.95. The summed E-state index contributed by atoms with van der Waals surface area (Å²) in [6.07, 6.45) is 0. The number of hydrogen-bond acceptors (Lipinski definition) is 4. The molecule has 0 atom stereocenters. The Morgan fingerprint density at radius 3 is 1.91 bits per heavy atom. The Labute approximate surface area is 190 Å². The zero-order chi connectivity index (χ0) is 24.7. The minimum absolute atomic E-state index is 0.0554. The predicted molar refractivity (Wildman–Crippen MR) is 124 cm³/mol. The summed E-state index contributed by atoms with van der Waals surface area (Å²) in [7, 11) is 0. The van der Waals surface area contributed by atoms with Crippen LogP contribution in [0.5, 0.6) is 0 Å². The lowest BCUT2D eigenvalue weighted by Crippen LogP contribution is -2.28. The van der Waals surface area contributed by atoms with E-state index in [1.165, 1.54) is 0 Å². The Morgan fingerprint density at radius 1 is 0.818 bits per heavy atom. The molecular formula is C25H26F2N2O4. The van der Waals surface area contributed by atoms with E-state index in [0.717, 1.165) is 6.07 Å². The highest BCUT2D eigenvalue weighted by Crippen LogP contribution is 2.32. The van der Waals surface area contributed by atoms with E-state index in [2.05, 4.69) is 10.6 Å². The van der Waals surface area contributed by atoms with E-state index in [-0.39, 0.29) is 17.1 Å². The minimum atomic E-state index is -1.07. The number of amides is 2. The number of halogens is 2. The van der Waals surface area contributed by atoms with Crippen LogP contribution in [0.25, 0.3) is 22.3 Å². The van der Waals surface area contributed by atoms with Crippen molar-refractivity contribution in [2.45, 2.75) is 41.5 Å². The quantitative estimate of drug-likeness (QED) is 0.529. The number of fused-ring (bicyclic) bond motifs is 1. The maximum atomic E-state index is 14.6. The summed E-state index contributed by atoms with van der Waals surface area (Å²) in [5.41, 5.74) is -2.04. The summed E-state index contributed by atoms with van der Waals surface area (Å²) < 4.78 is 34.7. The molecule has 0 unspecified atom stereocenters. The molecule has 3 rings (SSSR count). The van der Waals surface area contributed by atoms with Gasteiger partial charge in [-0.05, 0) is 24.3 Å². The Hall–Kier alpha value is -3.55. The minimum Gasteiger partial charge on any atom is -0.453 e. The van der Waals surface area contributed by atoms with E-state index in [1.807, 2.05) is 0 Å². The smallest absolute Gasteiger partial charge is 0.229 e. The summed E-state index contributed by atoms with van der Waals surface area (Å²) in [6.45, 7) is 10.2. The summed E-state index contributed by atoms with van der Waals surface area (Å²) in [5.74, 6) is -2.78. The average molecular weight is 456 g/mol. The predicted octanol–water partition coefficient (Wildman–Crippen LogP) is 5.71. The molecule has 6 nitrogen and oxygen atoms in total. The molecule has 1 aromatic heterocycles. The van der Waals surface area contributed by atoms with Gasteiger partial charge in [-0.1, -0.05) is 41.5 Å². The zero-order valence-electron chi connectivity index (χ0n) is 19.4. The van der Waals surface area contributed by atoms with Gasteiger partial charge in [0.15, 0.2) is 22.6 Å². The van der Waals surface area contributed by atoms with Crippen LogP contribution in [0.4, 0.5) is 20.2 Å². The van der Waals surface area contributed by atoms with Crippen molar-refractivity contribution < 1.29 is 22.8 Å². The van der Waals surface area contributed by atoms with E-state index in [0.29, 0.717) is 17.3 Å². The monoisotopic (exact) mass is 456 g/mol. The second kappa shape index (κ2) is 8.42. The first-order chi connectivity index (χ1) is 15.2. The highest BCUT2D eigenvalue weighted by atomic mass is 19.1. The molecule has 0 aliphatic rings. The van der Waals surface area contributed by atoms with Gasteiger partial charge in [-0.25, -0.2) is 8.78 Å². The van der Waals surface area contributed by atoms with Crippen molar-refractivity contribution in [1.82, 2.24) is 0 Å². The first-order valence-electron chi connectivity index (χ1n) is 10.4. The Balaban J connectivity index is 2.04. The molecule has 0 bridgehead atoms. The second-order valence-electron chi connectivity index (χ2n) is 9.88. The topological polar surface area (TPSA) is 88.4 Å². The van der Waals surface area contributed by atoms with Gasteiger partial charge in [-0.15, -0.1) is 0 Å². The van der Waals surface area contributed by atoms with Gasteiger partial charge in [0.25, 0.3) is 0 Å². The van der Waals surface area contributed by atoms with Crippen molar-refractivity contribution in [3.63, 3.8) is 0 Å². The fourth-order valence-electron chi connectivity index (χ4n) is 2.87. The van der Waals surface area contributed by atoms with Crippen molar-refractivity contribution >= 4 is 34.2 Å². The lowest BCUT2D eigenvalue weighted by molar-refractivity contribution is -0.123. The first-order valence-corrected chi connectivity index (χ1v) is 10.4. The molecule has 0 spiro atoms. The molecule has 3 aromatic rings. The van der Waals surface area contributed by atoms with Crippen LogP contribution in [-0.4, -0.2) is 11.8 Å². The SMILES string of the molecule is CC(C)(C)C(=O)Nc1ccc(-c2cc(=O)c3c(NC(=O)C(C)(C)C)c(F)cc(F)c3o2)cc1. The van der Waals surface area contributed by atoms with Crippen LogP contribution in [0.1, 0.15) is 41.5 Å². The molecule has 174 valence electrons. The summed E-state index contributed by atoms with van der Waals surface area (Å²) in [5, 5.41) is 4.77. The number of benzene rings is 2. The standard InChI is InChI=1S/C25H26F2N2O4/c1-24(2,3)22(31)28-14-9-7-13(8-10-14)18-12-17(30)19-20(29-23(32)25(4,5)6)15(26)11-16(27)21(19)33-18/h7-12H,1-6H3,(H,28,31)(H,29,32). The molecule has 0 saturated heterocycles. The van der Waals surface area contributed by atoms with Crippen molar-refractivity contribution in [2.24, 2.45) is 10.8 Å². The van der Waals surface area contributed by atoms with Gasteiger partial charge in [0.2, 0.25) is 11.8 Å². The number of hydrogen-bond donors (Lipinski definition) is 2. The number of rotatable bonds is 3. The van der Waals surface area contributed by atoms with Gasteiger partial charge in [-0.2, -0.15) is 0 Å². The highest BCUT2D eigenvalue weighted by molar-refractivity contribution is 6.03. The Morgan fingerprint density at radius 2 is 1.36 bits per heavy atom. The molecular weight excluding hydrogens is 430 g/mol. The van der Waals surface area contributed by atoms with Crippen LogP contribution in [0, 0.1) is 22.5 Å². The van der Waals surface area contributed by atoms with Crippen LogP contribution < -0.4 is 16.1 Å². The molecule has 1 heterocycles. The summed E-state index contributed by atoms with van der Waals surface area (Å²) in [6, 6.07) is 8.13. The zero-order valence-corrected chi connectivity index (χ0v) is 19.4. The average Bonchev–Trinajstić information content (AvgIpc) is 2.69. The van der Waals surface area contributed by atoms with Crippen LogP contribution >= 0.6 is 0 Å². The van der Waals surface area contributed by atoms with E-state index in [4.69, 9.17) is 4.42 Å². The summed E-state index contributed by atoms with van der Waals surface area (Å²) >= 11 is 0. The number of carbonyl (C=O) groups is 2. The third-order valence-corrected chi connectivity index (χ3v) is 4.94. The number of anilines is 2. The van der Waals surface area contributed by atoms with Crippen molar-refractivity contribution in [3.05, 3.63) is 58.3 Å². The van der Waals surface area contributed by atoms with Crippen LogP contribution in [0.2, 0.25) is 0 Å². The van der Waals surface area contributed by atoms with E-state index in [1.54, 1.807) is 65.8 Å². The number of carbonyl (C=O) groups excluding carboxylic acids is 2. The largest absolute Gasteiger partial charge is 0.453 e. The van der Waals surface area contributed by atoms with Crippen molar-refractivity contribution in [1.29, 1.82) is 0 Å². The fraction of sp³-hybridized carbons (Fsp3) is 0.320. The molecule has 2 N–H and O–H groups in total. The molecule has 33 heavy (non-hydrogen) atoms. The van der Waals surface area contributed by atoms with Crippen LogP contribution in [-0.2, 0) is 9.59 Å². The molecule has 0 aliphatic heterocycles. The molecule has 0 saturated carbocycles. The van der Waals surface area contributed by atoms with E-state index >= 15 is 0 Å². The van der Waals surface area contributed by atoms with Gasteiger partial charge in [0.1, 0.15) is 5.76 Å². The molecule has 2 aromatic carbocycles. The summed E-state index contributed by atoms with van der Waals surface area (Å²) in [4.78, 5) is 37.3. The molecule has 0 aliphatic carbocycles. The van der Waals surface area contributed by atoms with Gasteiger partial charge in [-0.3, -0.25) is 14.4 Å². The van der Waals surface area contributed by atoms with Gasteiger partial charge in [0, 0.05) is 34.2 Å². The van der Waals surface area contributed by atoms with Crippen molar-refractivity contribution in [2.75, 3.05) is 10.6 Å². The normalized spacial score (nSPS) is 12.0. The Kier molecular flexibility index (Phi) is 6.15. The number of nitrogens with one attached hydrogen (secondary N) is 2. The highest BCUT2D eigenvalue weighted by Gasteiger charge is 2.26. The van der Waals surface area contributed by atoms with E-state index in [9.17, 15) is 23.2 Å². The maximum Gasteiger partial charge on any atom is 0.229 e. The second-order valence-corrected chi connectivity index (χ2v) is 9.88. The maximum absolute atomic E-state index is 14.6. The molecule has 0 radical (unpaired) electrons. The third kappa shape index (κ3) is 5.10. The van der Waals surface area contributed by atoms with Gasteiger partial charge in [0.05, 0.1) is 11.1 Å². The molecule has 2 amide bonds. The van der Waals surface area contributed by atoms with Crippen molar-refractivity contribution in [3.8, 4) is 11.3 Å². The van der Waals surface area contributed by atoms with Gasteiger partial charge < -0.3 is 15.1 Å². The van der Waals surface area contributed by atoms with Crippen LogP contribution in [0.3, 0.4) is 0 Å². The molecule has 0 fully saturated rings. The van der Waals surface area contributed by atoms with Crippen LogP contribution in [0.15, 0.2) is 45.6 Å².